The molecule has 4 aromatic heterocycles. The topological polar surface area (TPSA) is 65.7 Å². The van der Waals surface area contributed by atoms with Gasteiger partial charge in [-0.3, -0.25) is 9.59 Å². The lowest BCUT2D eigenvalue weighted by Crippen LogP contribution is -2.06. The van der Waals surface area contributed by atoms with E-state index >= 15 is 0 Å². The Morgan fingerprint density at radius 3 is 1.71 bits per heavy atom. The van der Waals surface area contributed by atoms with E-state index in [2.05, 4.69) is 69.2 Å². The van der Waals surface area contributed by atoms with Crippen molar-refractivity contribution in [1.82, 2.24) is 9.97 Å². The fourth-order valence-electron chi connectivity index (χ4n) is 5.95. The van der Waals surface area contributed by atoms with Gasteiger partial charge in [0.25, 0.3) is 11.1 Å². The average Bonchev–Trinajstić information content (AvgIpc) is 3.73. The lowest BCUT2D eigenvalue weighted by molar-refractivity contribution is 1.09. The van der Waals surface area contributed by atoms with E-state index < -0.39 is 0 Å². The molecular weight excluding hydrogens is 576 g/mol. The van der Waals surface area contributed by atoms with E-state index in [-0.39, 0.29) is 11.1 Å². The Kier molecular flexibility index (Phi) is 5.76. The van der Waals surface area contributed by atoms with Crippen molar-refractivity contribution < 1.29 is 0 Å². The van der Waals surface area contributed by atoms with Crippen LogP contribution in [0.1, 0.15) is 40.3 Å². The van der Waals surface area contributed by atoms with Crippen LogP contribution in [0.3, 0.4) is 0 Å². The van der Waals surface area contributed by atoms with E-state index in [1.165, 1.54) is 44.5 Å². The molecule has 0 spiro atoms. The highest BCUT2D eigenvalue weighted by molar-refractivity contribution is 9.08. The Hall–Kier alpha value is -3.26. The number of nitrogens with one attached hydrogen (secondary N) is 2. The van der Waals surface area contributed by atoms with E-state index in [4.69, 9.17) is 0 Å². The smallest absolute Gasteiger partial charge is 0.257 e. The molecule has 2 aromatic carbocycles. The van der Waals surface area contributed by atoms with Crippen molar-refractivity contribution in [3.8, 4) is 22.5 Å². The first-order valence-corrected chi connectivity index (χ1v) is 15.5. The van der Waals surface area contributed by atoms with E-state index in [1.807, 2.05) is 22.9 Å². The molecule has 0 amide bonds. The number of fused-ring (bicyclic) bond motifs is 10. The summed E-state index contributed by atoms with van der Waals surface area (Å²) in [5.74, 6) is 0. The summed E-state index contributed by atoms with van der Waals surface area (Å²) < 4.78 is 2.28. The number of halogens is 1. The number of alkyl halides is 1. The maximum Gasteiger partial charge on any atom is 0.257 e. The molecule has 4 nitrogen and oxygen atoms in total. The summed E-state index contributed by atoms with van der Waals surface area (Å²) >= 11 is 6.87. The number of aromatic nitrogens is 2. The van der Waals surface area contributed by atoms with Crippen LogP contribution in [0.4, 0.5) is 0 Å². The van der Waals surface area contributed by atoms with Gasteiger partial charge in [0.2, 0.25) is 0 Å². The molecule has 0 radical (unpaired) electrons. The molecule has 0 saturated carbocycles. The zero-order valence-corrected chi connectivity index (χ0v) is 23.8. The van der Waals surface area contributed by atoms with Crippen molar-refractivity contribution in [3.05, 3.63) is 113 Å². The number of H-pyrrole nitrogens is 2. The Balaban J connectivity index is 0.000000127. The standard InChI is InChI=1S/C16H13NOS.C15H10BrNOS/c1-2-9-4-3-5-10-12(9)8-13-14(10)17-16(18)11-6-7-19-15(11)13;16-7-8-2-1-3-9-11(8)6-12-13(9)17-15(18)10-4-5-19-14(10)12/h3-7H,2,8H2,1H3,(H,17,18);1-5H,6-7H2,(H,17,18). The van der Waals surface area contributed by atoms with Crippen LogP contribution in [0.15, 0.2) is 68.9 Å². The van der Waals surface area contributed by atoms with Crippen molar-refractivity contribution in [2.75, 3.05) is 0 Å². The summed E-state index contributed by atoms with van der Waals surface area (Å²) in [6.45, 7) is 2.18. The molecule has 188 valence electrons. The Bertz CT molecular complexity index is 1870. The van der Waals surface area contributed by atoms with Gasteiger partial charge in [-0.15, -0.1) is 22.7 Å². The summed E-state index contributed by atoms with van der Waals surface area (Å²) in [5, 5.41) is 6.49. The van der Waals surface area contributed by atoms with Gasteiger partial charge in [-0.05, 0) is 62.7 Å². The van der Waals surface area contributed by atoms with Crippen LogP contribution in [0.5, 0.6) is 0 Å². The summed E-state index contributed by atoms with van der Waals surface area (Å²) in [6.07, 6.45) is 2.90. The fourth-order valence-corrected chi connectivity index (χ4v) is 8.36. The lowest BCUT2D eigenvalue weighted by Gasteiger charge is -2.05. The first-order chi connectivity index (χ1) is 18.6. The van der Waals surface area contributed by atoms with Gasteiger partial charge in [0.05, 0.1) is 22.2 Å². The Morgan fingerprint density at radius 1 is 0.711 bits per heavy atom. The van der Waals surface area contributed by atoms with Gasteiger partial charge in [0, 0.05) is 38.7 Å². The van der Waals surface area contributed by atoms with Crippen LogP contribution in [0.2, 0.25) is 0 Å². The van der Waals surface area contributed by atoms with Crippen molar-refractivity contribution >= 4 is 58.8 Å². The fraction of sp³-hybridized carbons (Fsp3) is 0.161. The molecule has 2 aliphatic rings. The van der Waals surface area contributed by atoms with Gasteiger partial charge in [-0.2, -0.15) is 0 Å². The first-order valence-electron chi connectivity index (χ1n) is 12.6. The van der Waals surface area contributed by atoms with E-state index in [9.17, 15) is 9.59 Å². The Morgan fingerprint density at radius 2 is 1.21 bits per heavy atom. The van der Waals surface area contributed by atoms with Gasteiger partial charge in [-0.1, -0.05) is 59.3 Å². The monoisotopic (exact) mass is 598 g/mol. The number of pyridine rings is 2. The third kappa shape index (κ3) is 3.52. The highest BCUT2D eigenvalue weighted by Gasteiger charge is 2.26. The minimum Gasteiger partial charge on any atom is -0.321 e. The molecule has 8 rings (SSSR count). The summed E-state index contributed by atoms with van der Waals surface area (Å²) in [7, 11) is 0. The highest BCUT2D eigenvalue weighted by Crippen LogP contribution is 2.42. The van der Waals surface area contributed by atoms with Crippen LogP contribution in [-0.2, 0) is 24.6 Å². The Labute approximate surface area is 235 Å². The van der Waals surface area contributed by atoms with Crippen LogP contribution >= 0.6 is 38.6 Å². The predicted molar refractivity (Wildman–Crippen MR) is 163 cm³/mol. The molecule has 0 bridgehead atoms. The molecule has 0 aliphatic heterocycles. The first kappa shape index (κ1) is 23.8. The minimum atomic E-state index is 0.0205. The number of benzene rings is 2. The van der Waals surface area contributed by atoms with Crippen LogP contribution < -0.4 is 11.1 Å². The predicted octanol–water partition coefficient (Wildman–Crippen LogP) is 7.78. The second-order valence-corrected chi connectivity index (χ2v) is 12.1. The maximum absolute atomic E-state index is 12.1. The molecule has 6 aromatic rings. The van der Waals surface area contributed by atoms with Crippen LogP contribution in [0.25, 0.3) is 42.7 Å². The van der Waals surface area contributed by atoms with Gasteiger partial charge in [-0.25, -0.2) is 0 Å². The SMILES string of the molecule is CCc1cccc2c1Cc1c-2[nH]c(=O)c2ccsc12.O=c1[nH]c2c(c3sccc13)Cc1c(CBr)cccc1-2. The number of hydrogen-bond donors (Lipinski definition) is 2. The normalized spacial score (nSPS) is 12.7. The third-order valence-electron chi connectivity index (χ3n) is 7.77. The van der Waals surface area contributed by atoms with Gasteiger partial charge < -0.3 is 9.97 Å². The van der Waals surface area contributed by atoms with Crippen molar-refractivity contribution in [2.24, 2.45) is 0 Å². The molecule has 2 N–H and O–H groups in total. The van der Waals surface area contributed by atoms with E-state index in [0.717, 1.165) is 56.2 Å². The van der Waals surface area contributed by atoms with E-state index in [0.29, 0.717) is 0 Å². The number of hydrogen-bond acceptors (Lipinski definition) is 4. The number of aromatic amines is 2. The average molecular weight is 600 g/mol. The molecule has 2 aliphatic carbocycles. The van der Waals surface area contributed by atoms with Crippen LogP contribution in [0, 0.1) is 0 Å². The van der Waals surface area contributed by atoms with Gasteiger partial charge >= 0.3 is 0 Å². The summed E-state index contributed by atoms with van der Waals surface area (Å²) in [4.78, 5) is 30.4. The van der Waals surface area contributed by atoms with Crippen molar-refractivity contribution in [1.29, 1.82) is 0 Å². The number of thiophene rings is 2. The largest absolute Gasteiger partial charge is 0.321 e. The van der Waals surface area contributed by atoms with Crippen molar-refractivity contribution in [2.45, 2.75) is 31.5 Å². The maximum atomic E-state index is 12.1. The molecule has 7 heteroatoms. The lowest BCUT2D eigenvalue weighted by atomic mass is 10.0. The van der Waals surface area contributed by atoms with E-state index in [1.54, 1.807) is 22.7 Å². The molecule has 0 unspecified atom stereocenters. The molecule has 4 heterocycles. The number of aryl methyl sites for hydroxylation is 1. The highest BCUT2D eigenvalue weighted by atomic mass is 79.9. The quantitative estimate of drug-likeness (QED) is 0.199. The minimum absolute atomic E-state index is 0.0205. The molecular formula is C31H23BrN2O2S2. The zero-order valence-electron chi connectivity index (χ0n) is 20.6. The summed E-state index contributed by atoms with van der Waals surface area (Å²) in [5.41, 5.74) is 12.5. The summed E-state index contributed by atoms with van der Waals surface area (Å²) in [6, 6.07) is 16.5. The second kappa shape index (κ2) is 9.19. The zero-order chi connectivity index (χ0) is 26.0. The van der Waals surface area contributed by atoms with Gasteiger partial charge in [0.15, 0.2) is 0 Å². The molecule has 38 heavy (non-hydrogen) atoms. The molecule has 0 atom stereocenters. The second-order valence-electron chi connectivity index (χ2n) is 9.67. The van der Waals surface area contributed by atoms with Crippen LogP contribution in [-0.4, -0.2) is 9.97 Å². The third-order valence-corrected chi connectivity index (χ3v) is 10.3. The number of rotatable bonds is 2. The molecule has 0 saturated heterocycles. The van der Waals surface area contributed by atoms with Crippen molar-refractivity contribution in [3.63, 3.8) is 0 Å². The van der Waals surface area contributed by atoms with Gasteiger partial charge in [0.1, 0.15) is 0 Å². The molecule has 0 fully saturated rings.